The fourth-order valence-electron chi connectivity index (χ4n) is 2.09. The second kappa shape index (κ2) is 8.46. The number of hydrogen-bond acceptors (Lipinski definition) is 5. The Morgan fingerprint density at radius 3 is 2.42 bits per heavy atom. The number of sulfonamides is 1. The lowest BCUT2D eigenvalue weighted by molar-refractivity contribution is -0.142. The van der Waals surface area contributed by atoms with Crippen molar-refractivity contribution in [1.29, 1.82) is 0 Å². The van der Waals surface area contributed by atoms with Gasteiger partial charge < -0.3 is 9.84 Å². The Kier molecular flexibility index (Phi) is 7.19. The zero-order chi connectivity index (χ0) is 18.5. The number of esters is 1. The Labute approximate surface area is 146 Å². The zero-order valence-corrected chi connectivity index (χ0v) is 15.1. The summed E-state index contributed by atoms with van der Waals surface area (Å²) < 4.78 is 31.4. The van der Waals surface area contributed by atoms with Gasteiger partial charge in [0.25, 0.3) is 0 Å². The maximum absolute atomic E-state index is 12.3. The Bertz CT molecular complexity index is 717. The Morgan fingerprint density at radius 2 is 1.96 bits per heavy atom. The second-order valence-electron chi connectivity index (χ2n) is 5.65. The quantitative estimate of drug-likeness (QED) is 0.672. The Balaban J connectivity index is 2.96. The molecule has 0 amide bonds. The number of methoxy groups -OCH3 is 1. The highest BCUT2D eigenvalue weighted by Gasteiger charge is 2.24. The molecule has 134 valence electrons. The molecule has 9 heteroatoms. The molecule has 1 unspecified atom stereocenters. The molecular formula is C15H20ClNO6S. The third-order valence-corrected chi connectivity index (χ3v) is 5.17. The van der Waals surface area contributed by atoms with Crippen molar-refractivity contribution in [3.8, 4) is 0 Å². The molecule has 7 nitrogen and oxygen atoms in total. The van der Waals surface area contributed by atoms with E-state index in [1.807, 2.05) is 13.8 Å². The lowest BCUT2D eigenvalue weighted by atomic mass is 9.98. The molecule has 0 aliphatic carbocycles. The van der Waals surface area contributed by atoms with Gasteiger partial charge in [0.2, 0.25) is 10.0 Å². The summed E-state index contributed by atoms with van der Waals surface area (Å²) in [6, 6.07) is 3.63. The van der Waals surface area contributed by atoms with Gasteiger partial charge in [0.15, 0.2) is 0 Å². The first-order valence-corrected chi connectivity index (χ1v) is 9.05. The Hall–Kier alpha value is -1.64. The summed E-state index contributed by atoms with van der Waals surface area (Å²) in [5.74, 6) is -2.44. The summed E-state index contributed by atoms with van der Waals surface area (Å²) in [5.41, 5.74) is 0.115. The molecule has 0 radical (unpaired) electrons. The van der Waals surface area contributed by atoms with Crippen LogP contribution in [-0.4, -0.2) is 39.1 Å². The maximum atomic E-state index is 12.3. The Morgan fingerprint density at radius 1 is 1.33 bits per heavy atom. The molecule has 0 saturated heterocycles. The molecule has 0 aliphatic rings. The monoisotopic (exact) mass is 377 g/mol. The number of nitrogens with one attached hydrogen (secondary N) is 1. The van der Waals surface area contributed by atoms with Gasteiger partial charge in [0.1, 0.15) is 4.90 Å². The maximum Gasteiger partial charge on any atom is 0.337 e. The summed E-state index contributed by atoms with van der Waals surface area (Å²) in [4.78, 5) is 22.4. The van der Waals surface area contributed by atoms with Crippen molar-refractivity contribution in [3.63, 3.8) is 0 Å². The van der Waals surface area contributed by atoms with Gasteiger partial charge in [-0.3, -0.25) is 4.79 Å². The molecule has 0 bridgehead atoms. The van der Waals surface area contributed by atoms with Crippen molar-refractivity contribution in [3.05, 3.63) is 28.8 Å². The number of benzene rings is 1. The summed E-state index contributed by atoms with van der Waals surface area (Å²) in [7, 11) is -2.80. The second-order valence-corrected chi connectivity index (χ2v) is 7.80. The van der Waals surface area contributed by atoms with E-state index in [1.54, 1.807) is 0 Å². The molecule has 0 spiro atoms. The van der Waals surface area contributed by atoms with Gasteiger partial charge in [-0.1, -0.05) is 25.4 Å². The molecular weight excluding hydrogens is 358 g/mol. The van der Waals surface area contributed by atoms with Gasteiger partial charge >= 0.3 is 11.9 Å². The fourth-order valence-corrected chi connectivity index (χ4v) is 3.72. The normalized spacial score (nSPS) is 12.9. The van der Waals surface area contributed by atoms with Crippen LogP contribution in [0, 0.1) is 11.8 Å². The predicted octanol–water partition coefficient (Wildman–Crippen LogP) is 2.15. The number of halogens is 1. The number of hydrogen-bond donors (Lipinski definition) is 2. The largest absolute Gasteiger partial charge is 0.481 e. The molecule has 1 rings (SSSR count). The van der Waals surface area contributed by atoms with E-state index in [0.29, 0.717) is 6.42 Å². The summed E-state index contributed by atoms with van der Waals surface area (Å²) >= 11 is 5.93. The first kappa shape index (κ1) is 20.4. The highest BCUT2D eigenvalue weighted by atomic mass is 35.5. The van der Waals surface area contributed by atoms with Crippen LogP contribution in [0.1, 0.15) is 30.6 Å². The molecule has 1 aromatic rings. The minimum absolute atomic E-state index is 0.110. The molecule has 0 saturated carbocycles. The van der Waals surface area contributed by atoms with Crippen LogP contribution >= 0.6 is 11.6 Å². The van der Waals surface area contributed by atoms with Crippen molar-refractivity contribution in [1.82, 2.24) is 4.72 Å². The average Bonchev–Trinajstić information content (AvgIpc) is 2.49. The van der Waals surface area contributed by atoms with Gasteiger partial charge in [-0.05, 0) is 30.5 Å². The molecule has 0 aromatic heterocycles. The fraction of sp³-hybridized carbons (Fsp3) is 0.467. The van der Waals surface area contributed by atoms with Crippen LogP contribution in [0.3, 0.4) is 0 Å². The highest BCUT2D eigenvalue weighted by molar-refractivity contribution is 7.89. The first-order chi connectivity index (χ1) is 11.1. The van der Waals surface area contributed by atoms with Gasteiger partial charge in [-0.2, -0.15) is 0 Å². The summed E-state index contributed by atoms with van der Waals surface area (Å²) in [5, 5.41) is 9.00. The van der Waals surface area contributed by atoms with E-state index in [-0.39, 0.29) is 27.9 Å². The van der Waals surface area contributed by atoms with Crippen LogP contribution in [-0.2, 0) is 19.6 Å². The minimum atomic E-state index is -4.00. The van der Waals surface area contributed by atoms with Crippen molar-refractivity contribution in [2.75, 3.05) is 13.7 Å². The smallest absolute Gasteiger partial charge is 0.337 e. The first-order valence-electron chi connectivity index (χ1n) is 7.18. The van der Waals surface area contributed by atoms with Gasteiger partial charge in [0.05, 0.1) is 23.6 Å². The van der Waals surface area contributed by atoms with Crippen molar-refractivity contribution in [2.24, 2.45) is 11.8 Å². The predicted molar refractivity (Wildman–Crippen MR) is 88.6 cm³/mol. The molecule has 0 aliphatic heterocycles. The minimum Gasteiger partial charge on any atom is -0.481 e. The molecule has 24 heavy (non-hydrogen) atoms. The van der Waals surface area contributed by atoms with Crippen molar-refractivity contribution in [2.45, 2.75) is 25.2 Å². The molecule has 2 N–H and O–H groups in total. The number of carboxylic acids is 1. The number of aliphatic carboxylic acids is 1. The third-order valence-electron chi connectivity index (χ3n) is 3.27. The third kappa shape index (κ3) is 5.47. The lowest BCUT2D eigenvalue weighted by Gasteiger charge is -2.16. The van der Waals surface area contributed by atoms with Crippen LogP contribution < -0.4 is 4.72 Å². The number of carbonyl (C=O) groups excluding carboxylic acids is 1. The molecule has 1 atom stereocenters. The summed E-state index contributed by atoms with van der Waals surface area (Å²) in [6.45, 7) is 3.46. The van der Waals surface area contributed by atoms with E-state index >= 15 is 0 Å². The van der Waals surface area contributed by atoms with Crippen LogP contribution in [0.25, 0.3) is 0 Å². The molecule has 0 heterocycles. The van der Waals surface area contributed by atoms with Crippen LogP contribution in [0.2, 0.25) is 5.02 Å². The zero-order valence-electron chi connectivity index (χ0n) is 13.6. The van der Waals surface area contributed by atoms with E-state index in [9.17, 15) is 18.0 Å². The number of rotatable bonds is 8. The highest BCUT2D eigenvalue weighted by Crippen LogP contribution is 2.23. The van der Waals surface area contributed by atoms with Gasteiger partial charge in [0, 0.05) is 6.54 Å². The topological polar surface area (TPSA) is 110 Å². The standard InChI is InChI=1S/C15H20ClNO6S/c1-9(2)6-11(14(18)19)8-17-24(21,22)13-5-4-10(7-12(13)16)15(20)23-3/h4-5,7,9,11,17H,6,8H2,1-3H3,(H,18,19). The van der Waals surface area contributed by atoms with Crippen LogP contribution in [0.15, 0.2) is 23.1 Å². The number of ether oxygens (including phenoxy) is 1. The van der Waals surface area contributed by atoms with E-state index in [2.05, 4.69) is 9.46 Å². The lowest BCUT2D eigenvalue weighted by Crippen LogP contribution is -2.33. The summed E-state index contributed by atoms with van der Waals surface area (Å²) in [6.07, 6.45) is 0.340. The van der Waals surface area contributed by atoms with E-state index in [4.69, 9.17) is 16.7 Å². The number of carboxylic acid groups (broad SMARTS) is 1. The van der Waals surface area contributed by atoms with E-state index in [1.165, 1.54) is 25.3 Å². The van der Waals surface area contributed by atoms with Crippen molar-refractivity contribution < 1.29 is 27.9 Å². The van der Waals surface area contributed by atoms with E-state index in [0.717, 1.165) is 0 Å². The average molecular weight is 378 g/mol. The molecule has 1 aromatic carbocycles. The number of carbonyl (C=O) groups is 2. The van der Waals surface area contributed by atoms with Crippen LogP contribution in [0.4, 0.5) is 0 Å². The molecule has 0 fully saturated rings. The van der Waals surface area contributed by atoms with Gasteiger partial charge in [-0.15, -0.1) is 0 Å². The van der Waals surface area contributed by atoms with Crippen LogP contribution in [0.5, 0.6) is 0 Å². The van der Waals surface area contributed by atoms with Crippen molar-refractivity contribution >= 4 is 33.6 Å². The van der Waals surface area contributed by atoms with E-state index < -0.39 is 27.9 Å². The van der Waals surface area contributed by atoms with Gasteiger partial charge in [-0.25, -0.2) is 17.9 Å². The SMILES string of the molecule is COC(=O)c1ccc(S(=O)(=O)NCC(CC(C)C)C(=O)O)c(Cl)c1.